The molecule has 24 heavy (non-hydrogen) atoms. The maximum atomic E-state index is 12.1. The average molecular weight is 333 g/mol. The highest BCUT2D eigenvalue weighted by molar-refractivity contribution is 5.86. The van der Waals surface area contributed by atoms with Crippen LogP contribution in [0.2, 0.25) is 0 Å². The minimum Gasteiger partial charge on any atom is -0.490 e. The van der Waals surface area contributed by atoms with Crippen molar-refractivity contribution >= 4 is 11.9 Å². The third kappa shape index (κ3) is 5.15. The molecule has 1 aromatic carbocycles. The minimum absolute atomic E-state index is 0.116. The van der Waals surface area contributed by atoms with Crippen LogP contribution in [0, 0.1) is 0 Å². The Balaban J connectivity index is 1.94. The molecule has 1 aromatic rings. The van der Waals surface area contributed by atoms with Gasteiger partial charge in [0.25, 0.3) is 0 Å². The number of nitrogens with one attached hydrogen (secondary N) is 2. The van der Waals surface area contributed by atoms with E-state index in [0.29, 0.717) is 6.10 Å². The van der Waals surface area contributed by atoms with Gasteiger partial charge in [0.2, 0.25) is 5.91 Å². The first-order valence-corrected chi connectivity index (χ1v) is 8.62. The van der Waals surface area contributed by atoms with E-state index < -0.39 is 12.1 Å². The number of carbonyl (C=O) groups excluding carboxylic acids is 2. The van der Waals surface area contributed by atoms with Crippen LogP contribution in [-0.2, 0) is 4.79 Å². The van der Waals surface area contributed by atoms with E-state index in [4.69, 9.17) is 10.5 Å². The van der Waals surface area contributed by atoms with E-state index in [0.717, 1.165) is 30.6 Å². The number of hydrogen-bond acceptors (Lipinski definition) is 3. The Labute approximate surface area is 143 Å². The molecule has 1 fully saturated rings. The zero-order valence-corrected chi connectivity index (χ0v) is 14.4. The molecule has 0 aromatic heterocycles. The molecule has 0 heterocycles. The van der Waals surface area contributed by atoms with Crippen molar-refractivity contribution < 1.29 is 14.3 Å². The van der Waals surface area contributed by atoms with Crippen LogP contribution >= 0.6 is 0 Å². The van der Waals surface area contributed by atoms with Crippen LogP contribution in [0.3, 0.4) is 0 Å². The highest BCUT2D eigenvalue weighted by Crippen LogP contribution is 2.26. The predicted molar refractivity (Wildman–Crippen MR) is 92.7 cm³/mol. The van der Waals surface area contributed by atoms with Crippen LogP contribution in [0.15, 0.2) is 24.3 Å². The SMILES string of the molecule is CC[C@H](NC(=O)[C@@H](C)NC(N)=O)c1ccc(OC2CCCC2)cc1. The predicted octanol–water partition coefficient (Wildman–Crippen LogP) is 2.63. The molecule has 0 radical (unpaired) electrons. The second kappa shape index (κ2) is 8.57. The van der Waals surface area contributed by atoms with Crippen molar-refractivity contribution in [2.75, 3.05) is 0 Å². The molecule has 3 amide bonds. The molecule has 0 bridgehead atoms. The fourth-order valence-electron chi connectivity index (χ4n) is 2.97. The largest absolute Gasteiger partial charge is 0.490 e. The summed E-state index contributed by atoms with van der Waals surface area (Å²) < 4.78 is 5.96. The van der Waals surface area contributed by atoms with Crippen molar-refractivity contribution in [3.8, 4) is 5.75 Å². The van der Waals surface area contributed by atoms with Crippen LogP contribution < -0.4 is 21.1 Å². The normalized spacial score (nSPS) is 17.1. The Morgan fingerprint density at radius 3 is 2.38 bits per heavy atom. The van der Waals surface area contributed by atoms with Crippen molar-refractivity contribution in [3.63, 3.8) is 0 Å². The molecule has 6 nitrogen and oxygen atoms in total. The Morgan fingerprint density at radius 2 is 1.83 bits per heavy atom. The number of primary amides is 1. The number of hydrogen-bond donors (Lipinski definition) is 3. The summed E-state index contributed by atoms with van der Waals surface area (Å²) in [5.74, 6) is 0.613. The molecule has 2 atom stereocenters. The van der Waals surface area contributed by atoms with Gasteiger partial charge in [0.15, 0.2) is 0 Å². The number of ether oxygens (including phenoxy) is 1. The molecule has 0 spiro atoms. The van der Waals surface area contributed by atoms with E-state index in [1.54, 1.807) is 6.92 Å². The smallest absolute Gasteiger partial charge is 0.312 e. The third-order valence-corrected chi connectivity index (χ3v) is 4.36. The Kier molecular flexibility index (Phi) is 6.46. The van der Waals surface area contributed by atoms with E-state index in [9.17, 15) is 9.59 Å². The fourth-order valence-corrected chi connectivity index (χ4v) is 2.97. The second-order valence-electron chi connectivity index (χ2n) is 6.29. The molecule has 1 saturated carbocycles. The van der Waals surface area contributed by atoms with Gasteiger partial charge >= 0.3 is 6.03 Å². The summed E-state index contributed by atoms with van der Waals surface area (Å²) in [6.45, 7) is 3.60. The molecule has 1 aliphatic rings. The van der Waals surface area contributed by atoms with Crippen molar-refractivity contribution in [2.45, 2.75) is 64.1 Å². The summed E-state index contributed by atoms with van der Waals surface area (Å²) in [7, 11) is 0. The van der Waals surface area contributed by atoms with Crippen molar-refractivity contribution in [1.82, 2.24) is 10.6 Å². The first-order valence-electron chi connectivity index (χ1n) is 8.62. The van der Waals surface area contributed by atoms with E-state index in [2.05, 4.69) is 10.6 Å². The van der Waals surface area contributed by atoms with Gasteiger partial charge in [-0.05, 0) is 56.7 Å². The van der Waals surface area contributed by atoms with Crippen molar-refractivity contribution in [2.24, 2.45) is 5.73 Å². The Bertz CT molecular complexity index is 553. The summed E-state index contributed by atoms with van der Waals surface area (Å²) >= 11 is 0. The topological polar surface area (TPSA) is 93.5 Å². The van der Waals surface area contributed by atoms with Gasteiger partial charge in [0, 0.05) is 0 Å². The standard InChI is InChI=1S/C18H27N3O3/c1-3-16(21-17(22)12(2)20-18(19)23)13-8-10-15(11-9-13)24-14-6-4-5-7-14/h8-12,14,16H,3-7H2,1-2H3,(H,21,22)(H3,19,20,23)/t12-,16+/m1/s1. The van der Waals surface area contributed by atoms with Crippen LogP contribution in [0.25, 0.3) is 0 Å². The molecule has 0 aliphatic heterocycles. The van der Waals surface area contributed by atoms with Gasteiger partial charge < -0.3 is 21.1 Å². The van der Waals surface area contributed by atoms with E-state index in [1.165, 1.54) is 12.8 Å². The molecular weight excluding hydrogens is 306 g/mol. The first-order chi connectivity index (χ1) is 11.5. The van der Waals surface area contributed by atoms with Crippen LogP contribution in [0.4, 0.5) is 4.79 Å². The number of urea groups is 1. The summed E-state index contributed by atoms with van der Waals surface area (Å²) in [5.41, 5.74) is 6.06. The van der Waals surface area contributed by atoms with Gasteiger partial charge in [0.1, 0.15) is 11.8 Å². The second-order valence-corrected chi connectivity index (χ2v) is 6.29. The van der Waals surface area contributed by atoms with Gasteiger partial charge in [0.05, 0.1) is 12.1 Å². The molecular formula is C18H27N3O3. The average Bonchev–Trinajstić information content (AvgIpc) is 3.05. The van der Waals surface area contributed by atoms with Gasteiger partial charge in [-0.15, -0.1) is 0 Å². The lowest BCUT2D eigenvalue weighted by molar-refractivity contribution is -0.123. The Hall–Kier alpha value is -2.24. The first kappa shape index (κ1) is 18.1. The van der Waals surface area contributed by atoms with E-state index >= 15 is 0 Å². The highest BCUT2D eigenvalue weighted by Gasteiger charge is 2.19. The number of rotatable bonds is 7. The van der Waals surface area contributed by atoms with Crippen molar-refractivity contribution in [3.05, 3.63) is 29.8 Å². The van der Waals surface area contributed by atoms with Gasteiger partial charge in [-0.25, -0.2) is 4.79 Å². The number of nitrogens with two attached hydrogens (primary N) is 1. The number of benzene rings is 1. The number of carbonyl (C=O) groups is 2. The van der Waals surface area contributed by atoms with Crippen LogP contribution in [0.1, 0.15) is 57.6 Å². The maximum Gasteiger partial charge on any atom is 0.312 e. The van der Waals surface area contributed by atoms with E-state index in [1.807, 2.05) is 31.2 Å². The van der Waals surface area contributed by atoms with E-state index in [-0.39, 0.29) is 11.9 Å². The minimum atomic E-state index is -0.709. The van der Waals surface area contributed by atoms with Gasteiger partial charge in [-0.3, -0.25) is 4.79 Å². The monoisotopic (exact) mass is 333 g/mol. The van der Waals surface area contributed by atoms with Crippen molar-refractivity contribution in [1.29, 1.82) is 0 Å². The number of amides is 3. The molecule has 1 aliphatic carbocycles. The van der Waals surface area contributed by atoms with Gasteiger partial charge in [-0.1, -0.05) is 19.1 Å². The summed E-state index contributed by atoms with van der Waals surface area (Å²) in [4.78, 5) is 22.9. The zero-order chi connectivity index (χ0) is 17.5. The van der Waals surface area contributed by atoms with Gasteiger partial charge in [-0.2, -0.15) is 0 Å². The highest BCUT2D eigenvalue weighted by atomic mass is 16.5. The lowest BCUT2D eigenvalue weighted by atomic mass is 10.0. The van der Waals surface area contributed by atoms with Crippen LogP contribution in [-0.4, -0.2) is 24.1 Å². The molecule has 6 heteroatoms. The maximum absolute atomic E-state index is 12.1. The van der Waals surface area contributed by atoms with Crippen LogP contribution in [0.5, 0.6) is 5.75 Å². The summed E-state index contributed by atoms with van der Waals surface area (Å²) in [6.07, 6.45) is 5.81. The quantitative estimate of drug-likeness (QED) is 0.716. The zero-order valence-electron chi connectivity index (χ0n) is 14.4. The lowest BCUT2D eigenvalue weighted by Gasteiger charge is -2.21. The molecule has 4 N–H and O–H groups in total. The molecule has 2 rings (SSSR count). The third-order valence-electron chi connectivity index (χ3n) is 4.36. The lowest BCUT2D eigenvalue weighted by Crippen LogP contribution is -2.47. The summed E-state index contributed by atoms with van der Waals surface area (Å²) in [6, 6.07) is 6.37. The molecule has 0 saturated heterocycles. The molecule has 0 unspecified atom stereocenters. The Morgan fingerprint density at radius 1 is 1.21 bits per heavy atom. The summed E-state index contributed by atoms with van der Waals surface area (Å²) in [5, 5.41) is 5.31. The molecule has 132 valence electrons. The fraction of sp³-hybridized carbons (Fsp3) is 0.556.